The normalized spacial score (nSPS) is 10.9. The fourth-order valence-corrected chi connectivity index (χ4v) is 2.59. The van der Waals surface area contributed by atoms with Gasteiger partial charge in [-0.1, -0.05) is 48.5 Å². The fourth-order valence-electron chi connectivity index (χ4n) is 2.59. The Hall–Kier alpha value is -3.14. The monoisotopic (exact) mass is 287 g/mol. The third-order valence-electron chi connectivity index (χ3n) is 3.69. The quantitative estimate of drug-likeness (QED) is 0.586. The van der Waals surface area contributed by atoms with Gasteiger partial charge < -0.3 is 5.32 Å². The maximum Gasteiger partial charge on any atom is 0.276 e. The molecule has 0 atom stereocenters. The van der Waals surface area contributed by atoms with Crippen LogP contribution in [0.25, 0.3) is 21.7 Å². The van der Waals surface area contributed by atoms with Gasteiger partial charge in [0.15, 0.2) is 5.69 Å². The van der Waals surface area contributed by atoms with Crippen molar-refractivity contribution >= 4 is 33.3 Å². The Kier molecular flexibility index (Phi) is 2.86. The van der Waals surface area contributed by atoms with E-state index in [-0.39, 0.29) is 5.91 Å². The van der Waals surface area contributed by atoms with Gasteiger partial charge in [0.25, 0.3) is 5.91 Å². The Labute approximate surface area is 126 Å². The summed E-state index contributed by atoms with van der Waals surface area (Å²) in [7, 11) is 0. The van der Waals surface area contributed by atoms with Gasteiger partial charge in [0.1, 0.15) is 0 Å². The van der Waals surface area contributed by atoms with Crippen LogP contribution in [-0.4, -0.2) is 16.1 Å². The molecule has 0 spiro atoms. The number of anilines is 1. The Morgan fingerprint density at radius 3 is 2.59 bits per heavy atom. The summed E-state index contributed by atoms with van der Waals surface area (Å²) in [5.74, 6) is -0.215. The summed E-state index contributed by atoms with van der Waals surface area (Å²) in [6.45, 7) is 0. The zero-order valence-corrected chi connectivity index (χ0v) is 11.7. The lowest BCUT2D eigenvalue weighted by Crippen LogP contribution is -2.12. The van der Waals surface area contributed by atoms with Crippen molar-refractivity contribution in [1.29, 1.82) is 0 Å². The first kappa shape index (κ1) is 12.6. The Morgan fingerprint density at radius 2 is 1.68 bits per heavy atom. The van der Waals surface area contributed by atoms with Crippen molar-refractivity contribution < 1.29 is 4.79 Å². The molecule has 0 bridgehead atoms. The average molecular weight is 287 g/mol. The van der Waals surface area contributed by atoms with Crippen LogP contribution < -0.4 is 5.32 Å². The maximum absolute atomic E-state index is 12.4. The van der Waals surface area contributed by atoms with E-state index in [1.54, 1.807) is 0 Å². The number of aromatic amines is 1. The summed E-state index contributed by atoms with van der Waals surface area (Å²) in [4.78, 5) is 12.4. The summed E-state index contributed by atoms with van der Waals surface area (Å²) in [6.07, 6.45) is 0. The molecule has 0 unspecified atom stereocenters. The molecule has 0 saturated heterocycles. The second kappa shape index (κ2) is 5.00. The maximum atomic E-state index is 12.4. The van der Waals surface area contributed by atoms with Crippen LogP contribution in [0.15, 0.2) is 66.7 Å². The first-order valence-corrected chi connectivity index (χ1v) is 7.04. The number of amides is 1. The molecule has 1 aromatic heterocycles. The lowest BCUT2D eigenvalue weighted by atomic mass is 10.1. The largest absolute Gasteiger partial charge is 0.321 e. The second-order valence-electron chi connectivity index (χ2n) is 5.13. The number of carbonyl (C=O) groups is 1. The molecule has 22 heavy (non-hydrogen) atoms. The molecule has 106 valence electrons. The van der Waals surface area contributed by atoms with Crippen LogP contribution in [0, 0.1) is 0 Å². The predicted molar refractivity (Wildman–Crippen MR) is 88.0 cm³/mol. The van der Waals surface area contributed by atoms with Gasteiger partial charge in [-0.05, 0) is 29.0 Å². The van der Waals surface area contributed by atoms with Gasteiger partial charge in [-0.15, -0.1) is 0 Å². The molecule has 0 saturated carbocycles. The Morgan fingerprint density at radius 1 is 0.909 bits per heavy atom. The SMILES string of the molecule is O=C(Nc1ccc2ccccc2c1)c1n[nH]c2ccccc12. The summed E-state index contributed by atoms with van der Waals surface area (Å²) in [5.41, 5.74) is 2.02. The average Bonchev–Trinajstić information content (AvgIpc) is 2.99. The highest BCUT2D eigenvalue weighted by molar-refractivity contribution is 6.11. The highest BCUT2D eigenvalue weighted by Gasteiger charge is 2.13. The van der Waals surface area contributed by atoms with Crippen molar-refractivity contribution in [2.24, 2.45) is 0 Å². The van der Waals surface area contributed by atoms with Crippen molar-refractivity contribution in [2.75, 3.05) is 5.32 Å². The molecule has 0 aliphatic carbocycles. The molecule has 4 rings (SSSR count). The van der Waals surface area contributed by atoms with E-state index in [4.69, 9.17) is 0 Å². The molecule has 0 radical (unpaired) electrons. The number of nitrogens with zero attached hydrogens (tertiary/aromatic N) is 1. The third-order valence-corrected chi connectivity index (χ3v) is 3.69. The zero-order chi connectivity index (χ0) is 14.9. The van der Waals surface area contributed by atoms with Crippen LogP contribution in [0.2, 0.25) is 0 Å². The summed E-state index contributed by atoms with van der Waals surface area (Å²) in [5, 5.41) is 13.0. The molecule has 2 N–H and O–H groups in total. The minimum Gasteiger partial charge on any atom is -0.321 e. The molecule has 1 heterocycles. The van der Waals surface area contributed by atoms with Crippen molar-refractivity contribution in [1.82, 2.24) is 10.2 Å². The topological polar surface area (TPSA) is 57.8 Å². The number of nitrogens with one attached hydrogen (secondary N) is 2. The van der Waals surface area contributed by atoms with E-state index in [1.165, 1.54) is 0 Å². The number of para-hydroxylation sites is 1. The van der Waals surface area contributed by atoms with Crippen LogP contribution in [0.3, 0.4) is 0 Å². The van der Waals surface area contributed by atoms with E-state index in [2.05, 4.69) is 15.5 Å². The highest BCUT2D eigenvalue weighted by Crippen LogP contribution is 2.21. The number of carbonyl (C=O) groups excluding carboxylic acids is 1. The highest BCUT2D eigenvalue weighted by atomic mass is 16.1. The Balaban J connectivity index is 1.68. The first-order chi connectivity index (χ1) is 10.8. The number of fused-ring (bicyclic) bond motifs is 2. The van der Waals surface area contributed by atoms with E-state index in [1.807, 2.05) is 66.7 Å². The molecular formula is C18H13N3O. The molecular weight excluding hydrogens is 274 g/mol. The molecule has 0 fully saturated rings. The van der Waals surface area contributed by atoms with Gasteiger partial charge in [-0.3, -0.25) is 9.89 Å². The van der Waals surface area contributed by atoms with Gasteiger partial charge in [0.2, 0.25) is 0 Å². The minimum absolute atomic E-state index is 0.215. The summed E-state index contributed by atoms with van der Waals surface area (Å²) >= 11 is 0. The van der Waals surface area contributed by atoms with Gasteiger partial charge in [0, 0.05) is 11.1 Å². The standard InChI is InChI=1S/C18H13N3O/c22-18(17-15-7-3-4-8-16(15)20-21-17)19-14-10-9-12-5-1-2-6-13(12)11-14/h1-11H,(H,19,22)(H,20,21). The molecule has 3 aromatic carbocycles. The van der Waals surface area contributed by atoms with Gasteiger partial charge in [-0.25, -0.2) is 0 Å². The second-order valence-corrected chi connectivity index (χ2v) is 5.13. The van der Waals surface area contributed by atoms with Gasteiger partial charge >= 0.3 is 0 Å². The van der Waals surface area contributed by atoms with Crippen molar-refractivity contribution in [3.63, 3.8) is 0 Å². The van der Waals surface area contributed by atoms with Gasteiger partial charge in [0.05, 0.1) is 5.52 Å². The number of rotatable bonds is 2. The van der Waals surface area contributed by atoms with E-state index in [0.717, 1.165) is 27.4 Å². The summed E-state index contributed by atoms with van der Waals surface area (Å²) in [6, 6.07) is 21.5. The number of hydrogen-bond donors (Lipinski definition) is 2. The molecule has 4 heteroatoms. The van der Waals surface area contributed by atoms with Crippen LogP contribution >= 0.6 is 0 Å². The molecule has 0 aliphatic rings. The minimum atomic E-state index is -0.215. The third kappa shape index (κ3) is 2.11. The molecule has 4 aromatic rings. The first-order valence-electron chi connectivity index (χ1n) is 7.04. The van der Waals surface area contributed by atoms with Crippen molar-refractivity contribution in [3.05, 3.63) is 72.4 Å². The number of benzene rings is 3. The van der Waals surface area contributed by atoms with Crippen molar-refractivity contribution in [3.8, 4) is 0 Å². The lowest BCUT2D eigenvalue weighted by molar-refractivity contribution is 0.102. The number of aromatic nitrogens is 2. The zero-order valence-electron chi connectivity index (χ0n) is 11.7. The molecule has 1 amide bonds. The van der Waals surface area contributed by atoms with Crippen LogP contribution in [-0.2, 0) is 0 Å². The molecule has 0 aliphatic heterocycles. The van der Waals surface area contributed by atoms with E-state index >= 15 is 0 Å². The van der Waals surface area contributed by atoms with Crippen LogP contribution in [0.5, 0.6) is 0 Å². The fraction of sp³-hybridized carbons (Fsp3) is 0. The van der Waals surface area contributed by atoms with E-state index in [9.17, 15) is 4.79 Å². The van der Waals surface area contributed by atoms with Crippen LogP contribution in [0.4, 0.5) is 5.69 Å². The number of hydrogen-bond acceptors (Lipinski definition) is 2. The van der Waals surface area contributed by atoms with E-state index in [0.29, 0.717) is 5.69 Å². The van der Waals surface area contributed by atoms with Gasteiger partial charge in [-0.2, -0.15) is 5.10 Å². The van der Waals surface area contributed by atoms with Crippen LogP contribution in [0.1, 0.15) is 10.5 Å². The lowest BCUT2D eigenvalue weighted by Gasteiger charge is -2.05. The van der Waals surface area contributed by atoms with Crippen molar-refractivity contribution in [2.45, 2.75) is 0 Å². The molecule has 4 nitrogen and oxygen atoms in total. The summed E-state index contributed by atoms with van der Waals surface area (Å²) < 4.78 is 0. The number of H-pyrrole nitrogens is 1. The van der Waals surface area contributed by atoms with E-state index < -0.39 is 0 Å². The smallest absolute Gasteiger partial charge is 0.276 e. The predicted octanol–water partition coefficient (Wildman–Crippen LogP) is 3.97. The Bertz CT molecular complexity index is 988.